The van der Waals surface area contributed by atoms with Gasteiger partial charge in [-0.3, -0.25) is 4.79 Å². The number of imidazole rings is 1. The molecule has 0 saturated heterocycles. The van der Waals surface area contributed by atoms with Gasteiger partial charge in [-0.05, 0) is 24.6 Å². The summed E-state index contributed by atoms with van der Waals surface area (Å²) in [7, 11) is 0. The van der Waals surface area contributed by atoms with Gasteiger partial charge < -0.3 is 16.0 Å². The van der Waals surface area contributed by atoms with Crippen molar-refractivity contribution in [2.75, 3.05) is 16.8 Å². The van der Waals surface area contributed by atoms with Crippen molar-refractivity contribution in [2.45, 2.75) is 12.1 Å². The molecule has 1 heterocycles. The summed E-state index contributed by atoms with van der Waals surface area (Å²) in [5.41, 5.74) is 8.08. The number of nitrogens with one attached hydrogen (secondary N) is 2. The van der Waals surface area contributed by atoms with E-state index in [0.29, 0.717) is 11.4 Å². The Labute approximate surface area is 109 Å². The summed E-state index contributed by atoms with van der Waals surface area (Å²) in [5, 5.41) is 3.56. The van der Waals surface area contributed by atoms with E-state index in [1.165, 1.54) is 11.8 Å². The number of hydrogen-bond donors (Lipinski definition) is 3. The molecule has 0 unspecified atom stereocenters. The molecular weight excluding hydrogens is 248 g/mol. The first kappa shape index (κ1) is 12.5. The molecule has 2 rings (SSSR count). The lowest BCUT2D eigenvalue weighted by Gasteiger charge is -2.09. The molecule has 0 aliphatic rings. The van der Waals surface area contributed by atoms with Crippen molar-refractivity contribution < 1.29 is 4.79 Å². The number of H-pyrrole nitrogens is 1. The first-order valence-corrected chi connectivity index (χ1v) is 6.42. The molecule has 0 spiro atoms. The highest BCUT2D eigenvalue weighted by Crippen LogP contribution is 2.21. The van der Waals surface area contributed by atoms with Crippen molar-refractivity contribution in [2.24, 2.45) is 0 Å². The van der Waals surface area contributed by atoms with E-state index in [0.717, 1.165) is 16.4 Å². The lowest BCUT2D eigenvalue weighted by molar-refractivity contribution is -0.113. The number of rotatable bonds is 4. The fraction of sp³-hybridized carbons (Fsp3) is 0.167. The Morgan fingerprint density at radius 1 is 1.56 bits per heavy atom. The van der Waals surface area contributed by atoms with E-state index in [9.17, 15) is 4.79 Å². The quantitative estimate of drug-likeness (QED) is 0.581. The average Bonchev–Trinajstić information content (AvgIpc) is 2.86. The maximum absolute atomic E-state index is 11.8. The molecule has 18 heavy (non-hydrogen) atoms. The Morgan fingerprint density at radius 3 is 3.11 bits per heavy atom. The minimum Gasteiger partial charge on any atom is -0.398 e. The minimum atomic E-state index is -0.0786. The van der Waals surface area contributed by atoms with Crippen LogP contribution in [-0.4, -0.2) is 21.6 Å². The first-order valence-electron chi connectivity index (χ1n) is 5.44. The molecule has 0 fully saturated rings. The Balaban J connectivity index is 1.93. The highest BCUT2D eigenvalue weighted by atomic mass is 32.2. The molecule has 1 aromatic carbocycles. The Hall–Kier alpha value is -1.95. The normalized spacial score (nSPS) is 10.3. The molecule has 6 heteroatoms. The molecule has 1 aromatic heterocycles. The van der Waals surface area contributed by atoms with Gasteiger partial charge >= 0.3 is 0 Å². The predicted molar refractivity (Wildman–Crippen MR) is 73.5 cm³/mol. The third kappa shape index (κ3) is 3.04. The van der Waals surface area contributed by atoms with Crippen molar-refractivity contribution in [3.05, 3.63) is 36.2 Å². The van der Waals surface area contributed by atoms with Gasteiger partial charge in [-0.1, -0.05) is 17.8 Å². The van der Waals surface area contributed by atoms with E-state index >= 15 is 0 Å². The fourth-order valence-electron chi connectivity index (χ4n) is 1.44. The van der Waals surface area contributed by atoms with Crippen LogP contribution in [0.25, 0.3) is 0 Å². The summed E-state index contributed by atoms with van der Waals surface area (Å²) in [5.74, 6) is 0.229. The van der Waals surface area contributed by atoms with E-state index in [2.05, 4.69) is 15.3 Å². The summed E-state index contributed by atoms with van der Waals surface area (Å²) < 4.78 is 0. The molecule has 0 radical (unpaired) electrons. The molecular formula is C12H14N4OS. The van der Waals surface area contributed by atoms with Gasteiger partial charge in [-0.2, -0.15) is 0 Å². The molecule has 1 amide bonds. The van der Waals surface area contributed by atoms with Crippen LogP contribution in [0.15, 0.2) is 35.7 Å². The van der Waals surface area contributed by atoms with Gasteiger partial charge in [0.05, 0.1) is 5.75 Å². The van der Waals surface area contributed by atoms with Crippen molar-refractivity contribution in [3.8, 4) is 0 Å². The summed E-state index contributed by atoms with van der Waals surface area (Å²) >= 11 is 1.35. The molecule has 0 aliphatic carbocycles. The fourth-order valence-corrected chi connectivity index (χ4v) is 2.07. The third-order valence-corrected chi connectivity index (χ3v) is 3.37. The maximum Gasteiger partial charge on any atom is 0.234 e. The topological polar surface area (TPSA) is 83.8 Å². The van der Waals surface area contributed by atoms with Crippen LogP contribution in [0.5, 0.6) is 0 Å². The van der Waals surface area contributed by atoms with Crippen LogP contribution >= 0.6 is 11.8 Å². The molecule has 0 bridgehead atoms. The average molecular weight is 262 g/mol. The number of amides is 1. The summed E-state index contributed by atoms with van der Waals surface area (Å²) in [4.78, 5) is 18.7. The standard InChI is InChI=1S/C12H14N4OS/c1-8-9(13)3-2-4-10(8)16-11(17)7-18-12-14-5-6-15-12/h2-6H,7,13H2,1H3,(H,14,15)(H,16,17). The van der Waals surface area contributed by atoms with Crippen LogP contribution < -0.4 is 11.1 Å². The van der Waals surface area contributed by atoms with Gasteiger partial charge in [0.2, 0.25) is 5.91 Å². The van der Waals surface area contributed by atoms with Crippen molar-refractivity contribution >= 4 is 29.0 Å². The van der Waals surface area contributed by atoms with Crippen LogP contribution in [0.4, 0.5) is 11.4 Å². The summed E-state index contributed by atoms with van der Waals surface area (Å²) in [6, 6.07) is 5.46. The number of thioether (sulfide) groups is 1. The van der Waals surface area contributed by atoms with E-state index in [1.807, 2.05) is 25.1 Å². The van der Waals surface area contributed by atoms with Gasteiger partial charge in [0, 0.05) is 23.8 Å². The van der Waals surface area contributed by atoms with Gasteiger partial charge in [-0.15, -0.1) is 0 Å². The number of aromatic amines is 1. The minimum absolute atomic E-state index is 0.0786. The van der Waals surface area contributed by atoms with Gasteiger partial charge in [0.15, 0.2) is 5.16 Å². The zero-order valence-corrected chi connectivity index (χ0v) is 10.8. The Kier molecular flexibility index (Phi) is 3.88. The van der Waals surface area contributed by atoms with Crippen LogP contribution in [-0.2, 0) is 4.79 Å². The zero-order valence-electron chi connectivity index (χ0n) is 9.93. The van der Waals surface area contributed by atoms with E-state index in [4.69, 9.17) is 5.73 Å². The maximum atomic E-state index is 11.8. The molecule has 2 aromatic rings. The molecule has 5 nitrogen and oxygen atoms in total. The number of carbonyl (C=O) groups is 1. The number of carbonyl (C=O) groups excluding carboxylic acids is 1. The Bertz CT molecular complexity index is 539. The van der Waals surface area contributed by atoms with E-state index < -0.39 is 0 Å². The number of nitrogens with zero attached hydrogens (tertiary/aromatic N) is 1. The van der Waals surface area contributed by atoms with Crippen molar-refractivity contribution in [1.82, 2.24) is 9.97 Å². The number of nitrogen functional groups attached to an aromatic ring is 1. The number of hydrogen-bond acceptors (Lipinski definition) is 4. The summed E-state index contributed by atoms with van der Waals surface area (Å²) in [6.07, 6.45) is 3.38. The smallest absolute Gasteiger partial charge is 0.234 e. The van der Waals surface area contributed by atoms with Crippen LogP contribution in [0.1, 0.15) is 5.56 Å². The first-order chi connectivity index (χ1) is 8.66. The van der Waals surface area contributed by atoms with Gasteiger partial charge in [0.25, 0.3) is 0 Å². The van der Waals surface area contributed by atoms with Crippen molar-refractivity contribution in [1.29, 1.82) is 0 Å². The Morgan fingerprint density at radius 2 is 2.39 bits per heavy atom. The lowest BCUT2D eigenvalue weighted by Crippen LogP contribution is -2.15. The van der Waals surface area contributed by atoms with Crippen molar-refractivity contribution in [3.63, 3.8) is 0 Å². The van der Waals surface area contributed by atoms with E-state index in [1.54, 1.807) is 12.4 Å². The second kappa shape index (κ2) is 5.59. The number of aromatic nitrogens is 2. The van der Waals surface area contributed by atoms with E-state index in [-0.39, 0.29) is 5.91 Å². The number of anilines is 2. The van der Waals surface area contributed by atoms with Crippen LogP contribution in [0.2, 0.25) is 0 Å². The molecule has 0 atom stereocenters. The number of nitrogens with two attached hydrogens (primary N) is 1. The van der Waals surface area contributed by atoms with Crippen LogP contribution in [0.3, 0.4) is 0 Å². The largest absolute Gasteiger partial charge is 0.398 e. The SMILES string of the molecule is Cc1c(N)cccc1NC(=O)CSc1ncc[nH]1. The third-order valence-electron chi connectivity index (χ3n) is 2.46. The summed E-state index contributed by atoms with van der Waals surface area (Å²) in [6.45, 7) is 1.88. The molecule has 4 N–H and O–H groups in total. The highest BCUT2D eigenvalue weighted by molar-refractivity contribution is 7.99. The monoisotopic (exact) mass is 262 g/mol. The van der Waals surface area contributed by atoms with Gasteiger partial charge in [-0.25, -0.2) is 4.98 Å². The molecule has 94 valence electrons. The van der Waals surface area contributed by atoms with Crippen LogP contribution in [0, 0.1) is 6.92 Å². The molecule has 0 saturated carbocycles. The second-order valence-electron chi connectivity index (χ2n) is 3.75. The molecule has 0 aliphatic heterocycles. The lowest BCUT2D eigenvalue weighted by atomic mass is 10.1. The number of benzene rings is 1. The second-order valence-corrected chi connectivity index (χ2v) is 4.72. The highest BCUT2D eigenvalue weighted by Gasteiger charge is 2.07. The van der Waals surface area contributed by atoms with Gasteiger partial charge in [0.1, 0.15) is 0 Å². The zero-order chi connectivity index (χ0) is 13.0. The predicted octanol–water partition coefficient (Wildman–Crippen LogP) is 2.03.